The van der Waals surface area contributed by atoms with Crippen LogP contribution in [0.25, 0.3) is 10.9 Å². The number of aromatic nitrogens is 1. The maximum Gasteiger partial charge on any atom is 0.250 e. The van der Waals surface area contributed by atoms with Gasteiger partial charge in [-0.05, 0) is 36.6 Å². The van der Waals surface area contributed by atoms with Gasteiger partial charge in [0, 0.05) is 24.4 Å². The molecule has 23 heavy (non-hydrogen) atoms. The van der Waals surface area contributed by atoms with Gasteiger partial charge in [-0.25, -0.2) is 4.98 Å². The van der Waals surface area contributed by atoms with Crippen LogP contribution in [0.4, 0.5) is 5.82 Å². The van der Waals surface area contributed by atoms with Crippen molar-refractivity contribution in [2.24, 2.45) is 0 Å². The molecule has 0 saturated carbocycles. The number of anilines is 1. The lowest BCUT2D eigenvalue weighted by molar-refractivity contribution is -0.124. The van der Waals surface area contributed by atoms with E-state index in [1.165, 1.54) is 0 Å². The molecule has 1 fully saturated rings. The van der Waals surface area contributed by atoms with Crippen LogP contribution in [-0.4, -0.2) is 36.5 Å². The van der Waals surface area contributed by atoms with E-state index < -0.39 is 6.04 Å². The van der Waals surface area contributed by atoms with Gasteiger partial charge in [0.25, 0.3) is 5.91 Å². The van der Waals surface area contributed by atoms with Crippen LogP contribution in [0.3, 0.4) is 0 Å². The number of pyridine rings is 1. The molecule has 0 radical (unpaired) electrons. The van der Waals surface area contributed by atoms with Gasteiger partial charge in [0.1, 0.15) is 17.6 Å². The van der Waals surface area contributed by atoms with E-state index in [4.69, 9.17) is 4.74 Å². The zero-order chi connectivity index (χ0) is 16.0. The van der Waals surface area contributed by atoms with Crippen molar-refractivity contribution >= 4 is 28.5 Å². The van der Waals surface area contributed by atoms with Crippen LogP contribution in [0.2, 0.25) is 0 Å². The lowest BCUT2D eigenvalue weighted by atomic mass is 10.1. The molecule has 0 aliphatic carbocycles. The number of ether oxygens (including phenoxy) is 1. The molecular weight excluding hydrogens is 294 g/mol. The summed E-state index contributed by atoms with van der Waals surface area (Å²) in [5, 5.41) is 3.77. The Hall–Kier alpha value is -2.63. The van der Waals surface area contributed by atoms with Crippen molar-refractivity contribution in [3.63, 3.8) is 0 Å². The number of fused-ring (bicyclic) bond motifs is 2. The van der Waals surface area contributed by atoms with Crippen molar-refractivity contribution in [3.8, 4) is 5.75 Å². The molecule has 1 saturated heterocycles. The van der Waals surface area contributed by atoms with Gasteiger partial charge >= 0.3 is 0 Å². The van der Waals surface area contributed by atoms with Gasteiger partial charge in [0.15, 0.2) is 0 Å². The number of nitrogens with one attached hydrogen (secondary N) is 1. The lowest BCUT2D eigenvalue weighted by Gasteiger charge is -2.20. The summed E-state index contributed by atoms with van der Waals surface area (Å²) in [7, 11) is 1.62. The highest BCUT2D eigenvalue weighted by atomic mass is 16.5. The van der Waals surface area contributed by atoms with E-state index >= 15 is 0 Å². The maximum absolute atomic E-state index is 12.7. The molecule has 1 unspecified atom stereocenters. The summed E-state index contributed by atoms with van der Waals surface area (Å²) >= 11 is 0. The number of rotatable bonds is 2. The molecule has 1 atom stereocenters. The van der Waals surface area contributed by atoms with E-state index in [0.29, 0.717) is 25.2 Å². The predicted molar refractivity (Wildman–Crippen MR) is 85.5 cm³/mol. The highest BCUT2D eigenvalue weighted by molar-refractivity contribution is 6.02. The van der Waals surface area contributed by atoms with Gasteiger partial charge in [-0.2, -0.15) is 0 Å². The number of hydrogen-bond donors (Lipinski definition) is 1. The molecule has 6 heteroatoms. The topological polar surface area (TPSA) is 71.5 Å². The third-order valence-electron chi connectivity index (χ3n) is 4.50. The van der Waals surface area contributed by atoms with Crippen LogP contribution >= 0.6 is 0 Å². The molecule has 2 aliphatic rings. The average Bonchev–Trinajstić information content (AvgIpc) is 3.17. The van der Waals surface area contributed by atoms with Gasteiger partial charge in [0.2, 0.25) is 5.91 Å². The zero-order valence-corrected chi connectivity index (χ0v) is 12.8. The molecule has 0 bridgehead atoms. The highest BCUT2D eigenvalue weighted by Crippen LogP contribution is 2.31. The normalized spacial score (nSPS) is 19.8. The van der Waals surface area contributed by atoms with Crippen LogP contribution in [0.5, 0.6) is 5.75 Å². The van der Waals surface area contributed by atoms with Crippen molar-refractivity contribution in [1.29, 1.82) is 0 Å². The minimum Gasteiger partial charge on any atom is -0.497 e. The second-order valence-electron chi connectivity index (χ2n) is 5.93. The first-order valence-electron chi connectivity index (χ1n) is 7.74. The van der Waals surface area contributed by atoms with Gasteiger partial charge in [0.05, 0.1) is 12.6 Å². The van der Waals surface area contributed by atoms with Gasteiger partial charge in [-0.1, -0.05) is 0 Å². The SMILES string of the molecule is COc1ccc2cc3c(nc2c1)N(C(=O)C1CCC(=O)N1)CC3. The predicted octanol–water partition coefficient (Wildman–Crippen LogP) is 1.41. The van der Waals surface area contributed by atoms with Gasteiger partial charge < -0.3 is 10.1 Å². The highest BCUT2D eigenvalue weighted by Gasteiger charge is 2.35. The third-order valence-corrected chi connectivity index (χ3v) is 4.50. The van der Waals surface area contributed by atoms with Crippen LogP contribution in [0.15, 0.2) is 24.3 Å². The number of nitrogens with zero attached hydrogens (tertiary/aromatic N) is 2. The monoisotopic (exact) mass is 311 g/mol. The lowest BCUT2D eigenvalue weighted by Crippen LogP contribution is -2.44. The number of methoxy groups -OCH3 is 1. The Morgan fingerprint density at radius 3 is 2.96 bits per heavy atom. The summed E-state index contributed by atoms with van der Waals surface area (Å²) < 4.78 is 5.24. The van der Waals surface area contributed by atoms with Crippen LogP contribution in [0, 0.1) is 0 Å². The Labute approximate surface area is 133 Å². The molecule has 2 aliphatic heterocycles. The van der Waals surface area contributed by atoms with Crippen molar-refractivity contribution in [2.75, 3.05) is 18.6 Å². The minimum absolute atomic E-state index is 0.0565. The summed E-state index contributed by atoms with van der Waals surface area (Å²) in [6, 6.07) is 7.41. The summed E-state index contributed by atoms with van der Waals surface area (Å²) in [5.41, 5.74) is 1.87. The number of hydrogen-bond acceptors (Lipinski definition) is 4. The Morgan fingerprint density at radius 2 is 2.22 bits per heavy atom. The molecule has 2 aromatic rings. The first kappa shape index (κ1) is 14.0. The summed E-state index contributed by atoms with van der Waals surface area (Å²) in [6.45, 7) is 0.612. The van der Waals surface area contributed by atoms with Crippen molar-refractivity contribution in [2.45, 2.75) is 25.3 Å². The molecule has 3 heterocycles. The molecule has 0 spiro atoms. The standard InChI is InChI=1S/C17H17N3O3/c1-23-12-3-2-10-8-11-6-7-20(16(11)19-14(10)9-12)17(22)13-4-5-15(21)18-13/h2-3,8-9,13H,4-7H2,1H3,(H,18,21). The second kappa shape index (κ2) is 5.22. The third kappa shape index (κ3) is 2.30. The smallest absolute Gasteiger partial charge is 0.250 e. The molecule has 2 amide bonds. The quantitative estimate of drug-likeness (QED) is 0.910. The van der Waals surface area contributed by atoms with Gasteiger partial charge in [-0.3, -0.25) is 14.5 Å². The molecule has 1 aromatic carbocycles. The van der Waals surface area contributed by atoms with Crippen LogP contribution in [-0.2, 0) is 16.0 Å². The molecular formula is C17H17N3O3. The minimum atomic E-state index is -0.420. The second-order valence-corrected chi connectivity index (χ2v) is 5.93. The van der Waals surface area contributed by atoms with E-state index in [2.05, 4.69) is 16.4 Å². The number of benzene rings is 1. The summed E-state index contributed by atoms with van der Waals surface area (Å²) in [6.07, 6.45) is 1.76. The maximum atomic E-state index is 12.7. The van der Waals surface area contributed by atoms with Gasteiger partial charge in [-0.15, -0.1) is 0 Å². The number of carbonyl (C=O) groups is 2. The molecule has 118 valence electrons. The van der Waals surface area contributed by atoms with Crippen LogP contribution in [0.1, 0.15) is 18.4 Å². The molecule has 1 aromatic heterocycles. The van der Waals surface area contributed by atoms with E-state index in [0.717, 1.165) is 28.6 Å². The van der Waals surface area contributed by atoms with E-state index in [1.807, 2.05) is 18.2 Å². The Balaban J connectivity index is 1.71. The van der Waals surface area contributed by atoms with E-state index in [9.17, 15) is 9.59 Å². The zero-order valence-electron chi connectivity index (χ0n) is 12.8. The van der Waals surface area contributed by atoms with Crippen molar-refractivity contribution in [3.05, 3.63) is 29.8 Å². The molecule has 4 rings (SSSR count). The van der Waals surface area contributed by atoms with E-state index in [-0.39, 0.29) is 11.8 Å². The Kier molecular flexibility index (Phi) is 3.18. The summed E-state index contributed by atoms with van der Waals surface area (Å²) in [5.74, 6) is 1.32. The fourth-order valence-corrected chi connectivity index (χ4v) is 3.27. The van der Waals surface area contributed by atoms with Crippen molar-refractivity contribution in [1.82, 2.24) is 10.3 Å². The largest absolute Gasteiger partial charge is 0.497 e. The van der Waals surface area contributed by atoms with E-state index in [1.54, 1.807) is 12.0 Å². The molecule has 1 N–H and O–H groups in total. The Morgan fingerprint density at radius 1 is 1.35 bits per heavy atom. The van der Waals surface area contributed by atoms with Crippen LogP contribution < -0.4 is 15.0 Å². The average molecular weight is 311 g/mol. The number of carbonyl (C=O) groups excluding carboxylic acids is 2. The summed E-state index contributed by atoms with van der Waals surface area (Å²) in [4.78, 5) is 30.4. The number of amides is 2. The fraction of sp³-hybridized carbons (Fsp3) is 0.353. The molecule has 6 nitrogen and oxygen atoms in total. The first-order chi connectivity index (χ1) is 11.2. The van der Waals surface area contributed by atoms with Crippen molar-refractivity contribution < 1.29 is 14.3 Å². The fourth-order valence-electron chi connectivity index (χ4n) is 3.27. The first-order valence-corrected chi connectivity index (χ1v) is 7.74. The Bertz CT molecular complexity index is 818.